The van der Waals surface area contributed by atoms with Gasteiger partial charge in [0.2, 0.25) is 5.91 Å². The molecule has 6 heteroatoms. The van der Waals surface area contributed by atoms with Crippen LogP contribution < -0.4 is 0 Å². The Morgan fingerprint density at radius 3 is 2.77 bits per heavy atom. The van der Waals surface area contributed by atoms with Crippen LogP contribution in [0.1, 0.15) is 64.9 Å². The Bertz CT molecular complexity index is 739. The third kappa shape index (κ3) is 4.56. The normalized spacial score (nSPS) is 31.4. The largest absolute Gasteiger partial charge is 0.388 e. The first-order valence-electron chi connectivity index (χ1n) is 11.4. The Balaban J connectivity index is 1.32. The van der Waals surface area contributed by atoms with Gasteiger partial charge in [-0.05, 0) is 76.3 Å². The molecule has 3 aliphatic rings. The van der Waals surface area contributed by atoms with Gasteiger partial charge in [0.1, 0.15) is 0 Å². The molecule has 1 aromatic rings. The number of aliphatic hydroxyl groups is 1. The Hall–Kier alpha value is -1.50. The molecule has 0 aromatic carbocycles. The standard InChI is InChI=1S/C24H36N2O4/c1-22(2,28)19-8-9-23(3)20(30-19)15-24(17-29-23)10-13-26(14-11-24)21(27)7-6-18-5-4-12-25-16-18/h4-5,12,16,19-20,28H,6-11,13-15,17H2,1-3H3/t19-,20-,23+/m0/s1. The van der Waals surface area contributed by atoms with Gasteiger partial charge in [0.15, 0.2) is 0 Å². The van der Waals surface area contributed by atoms with Crippen LogP contribution in [-0.4, -0.2) is 64.0 Å². The van der Waals surface area contributed by atoms with E-state index in [1.165, 1.54) is 0 Å². The molecular weight excluding hydrogens is 380 g/mol. The van der Waals surface area contributed by atoms with Crippen molar-refractivity contribution in [1.29, 1.82) is 0 Å². The molecule has 3 aliphatic heterocycles. The number of nitrogens with zero attached hydrogens (tertiary/aromatic N) is 2. The van der Waals surface area contributed by atoms with Gasteiger partial charge in [-0.1, -0.05) is 6.07 Å². The van der Waals surface area contributed by atoms with Crippen molar-refractivity contribution in [3.63, 3.8) is 0 Å². The summed E-state index contributed by atoms with van der Waals surface area (Å²) >= 11 is 0. The molecule has 4 heterocycles. The van der Waals surface area contributed by atoms with Crippen molar-refractivity contribution in [2.24, 2.45) is 5.41 Å². The van der Waals surface area contributed by atoms with E-state index < -0.39 is 5.60 Å². The average Bonchev–Trinajstić information content (AvgIpc) is 2.73. The number of likely N-dealkylation sites (tertiary alicyclic amines) is 1. The molecule has 1 aromatic heterocycles. The zero-order chi connectivity index (χ0) is 21.4. The van der Waals surface area contributed by atoms with E-state index in [4.69, 9.17) is 9.47 Å². The van der Waals surface area contributed by atoms with Crippen molar-refractivity contribution >= 4 is 5.91 Å². The van der Waals surface area contributed by atoms with E-state index in [0.29, 0.717) is 6.42 Å². The smallest absolute Gasteiger partial charge is 0.222 e. The number of hydrogen-bond acceptors (Lipinski definition) is 5. The number of ether oxygens (including phenoxy) is 2. The highest BCUT2D eigenvalue weighted by molar-refractivity contribution is 5.76. The van der Waals surface area contributed by atoms with Crippen LogP contribution in [0, 0.1) is 5.41 Å². The molecule has 3 saturated heterocycles. The minimum atomic E-state index is -0.837. The molecule has 1 amide bonds. The third-order valence-corrected chi connectivity index (χ3v) is 7.55. The minimum absolute atomic E-state index is 0.00394. The lowest BCUT2D eigenvalue weighted by molar-refractivity contribution is -0.271. The Labute approximate surface area is 180 Å². The van der Waals surface area contributed by atoms with E-state index in [9.17, 15) is 9.90 Å². The van der Waals surface area contributed by atoms with Crippen LogP contribution in [0.25, 0.3) is 0 Å². The molecule has 1 spiro atoms. The first-order valence-corrected chi connectivity index (χ1v) is 11.4. The minimum Gasteiger partial charge on any atom is -0.388 e. The molecule has 0 bridgehead atoms. The van der Waals surface area contributed by atoms with E-state index >= 15 is 0 Å². The van der Waals surface area contributed by atoms with Gasteiger partial charge in [-0.3, -0.25) is 9.78 Å². The number of hydrogen-bond donors (Lipinski definition) is 1. The second-order valence-electron chi connectivity index (χ2n) is 10.4. The highest BCUT2D eigenvalue weighted by Gasteiger charge is 2.53. The molecule has 0 unspecified atom stereocenters. The molecule has 6 nitrogen and oxygen atoms in total. The van der Waals surface area contributed by atoms with Crippen molar-refractivity contribution in [3.05, 3.63) is 30.1 Å². The Kier molecular flexibility index (Phi) is 5.94. The zero-order valence-electron chi connectivity index (χ0n) is 18.6. The maximum atomic E-state index is 12.7. The molecule has 0 saturated carbocycles. The fraction of sp³-hybridized carbons (Fsp3) is 0.750. The Morgan fingerprint density at radius 1 is 1.33 bits per heavy atom. The second-order valence-corrected chi connectivity index (χ2v) is 10.4. The quantitative estimate of drug-likeness (QED) is 0.817. The molecule has 30 heavy (non-hydrogen) atoms. The molecular formula is C24H36N2O4. The molecule has 3 atom stereocenters. The van der Waals surface area contributed by atoms with E-state index in [0.717, 1.165) is 63.8 Å². The summed E-state index contributed by atoms with van der Waals surface area (Å²) in [5.41, 5.74) is 0.0842. The van der Waals surface area contributed by atoms with Crippen LogP contribution in [0.15, 0.2) is 24.5 Å². The number of amides is 1. The Morgan fingerprint density at radius 2 is 2.10 bits per heavy atom. The number of fused-ring (bicyclic) bond motifs is 1. The molecule has 4 rings (SSSR count). The number of rotatable bonds is 4. The van der Waals surface area contributed by atoms with E-state index in [2.05, 4.69) is 11.9 Å². The first-order chi connectivity index (χ1) is 14.2. The van der Waals surface area contributed by atoms with Crippen LogP contribution in [0.2, 0.25) is 0 Å². The number of aryl methyl sites for hydroxylation is 1. The summed E-state index contributed by atoms with van der Waals surface area (Å²) in [5, 5.41) is 10.4. The maximum Gasteiger partial charge on any atom is 0.222 e. The van der Waals surface area contributed by atoms with Crippen molar-refractivity contribution in [2.45, 2.75) is 89.1 Å². The second kappa shape index (κ2) is 8.21. The third-order valence-electron chi connectivity index (χ3n) is 7.55. The van der Waals surface area contributed by atoms with Crippen LogP contribution in [0.5, 0.6) is 0 Å². The summed E-state index contributed by atoms with van der Waals surface area (Å²) in [4.78, 5) is 18.8. The lowest BCUT2D eigenvalue weighted by atomic mass is 9.68. The molecule has 166 valence electrons. The summed E-state index contributed by atoms with van der Waals surface area (Å²) in [6.07, 6.45) is 9.32. The number of piperidine rings is 1. The van der Waals surface area contributed by atoms with E-state index in [-0.39, 0.29) is 29.1 Å². The van der Waals surface area contributed by atoms with Crippen molar-refractivity contribution < 1.29 is 19.4 Å². The van der Waals surface area contributed by atoms with Gasteiger partial charge < -0.3 is 19.5 Å². The lowest BCUT2D eigenvalue weighted by Crippen LogP contribution is -2.61. The topological polar surface area (TPSA) is 71.9 Å². The summed E-state index contributed by atoms with van der Waals surface area (Å²) in [6, 6.07) is 3.93. The number of carbonyl (C=O) groups is 1. The number of carbonyl (C=O) groups excluding carboxylic acids is 1. The molecule has 0 aliphatic carbocycles. The summed E-state index contributed by atoms with van der Waals surface area (Å²) in [7, 11) is 0. The van der Waals surface area contributed by atoms with Gasteiger partial charge in [-0.2, -0.15) is 0 Å². The molecule has 0 radical (unpaired) electrons. The summed E-state index contributed by atoms with van der Waals surface area (Å²) in [5.74, 6) is 0.228. The maximum absolute atomic E-state index is 12.7. The van der Waals surface area contributed by atoms with Crippen LogP contribution in [0.4, 0.5) is 0 Å². The van der Waals surface area contributed by atoms with E-state index in [1.54, 1.807) is 6.20 Å². The summed E-state index contributed by atoms with van der Waals surface area (Å²) in [6.45, 7) is 8.13. The number of aromatic nitrogens is 1. The molecule has 1 N–H and O–H groups in total. The highest BCUT2D eigenvalue weighted by Crippen LogP contribution is 2.49. The van der Waals surface area contributed by atoms with Gasteiger partial charge in [-0.25, -0.2) is 0 Å². The fourth-order valence-electron chi connectivity index (χ4n) is 5.24. The summed E-state index contributed by atoms with van der Waals surface area (Å²) < 4.78 is 12.8. The SMILES string of the molecule is CC(C)(O)[C@@H]1CC[C@@]2(C)OCC3(CCN(C(=O)CCc4cccnc4)CC3)C[C@@H]2O1. The zero-order valence-corrected chi connectivity index (χ0v) is 18.6. The van der Waals surface area contributed by atoms with Crippen LogP contribution >= 0.6 is 0 Å². The fourth-order valence-corrected chi connectivity index (χ4v) is 5.24. The van der Waals surface area contributed by atoms with Crippen molar-refractivity contribution in [2.75, 3.05) is 19.7 Å². The van der Waals surface area contributed by atoms with Crippen LogP contribution in [0.3, 0.4) is 0 Å². The number of pyridine rings is 1. The highest BCUT2D eigenvalue weighted by atomic mass is 16.6. The van der Waals surface area contributed by atoms with Crippen molar-refractivity contribution in [1.82, 2.24) is 9.88 Å². The van der Waals surface area contributed by atoms with Crippen LogP contribution in [-0.2, 0) is 20.7 Å². The van der Waals surface area contributed by atoms with Gasteiger partial charge in [0.25, 0.3) is 0 Å². The van der Waals surface area contributed by atoms with Crippen molar-refractivity contribution in [3.8, 4) is 0 Å². The predicted molar refractivity (Wildman–Crippen MR) is 114 cm³/mol. The average molecular weight is 417 g/mol. The van der Waals surface area contributed by atoms with Gasteiger partial charge in [0.05, 0.1) is 30.0 Å². The first kappa shape index (κ1) is 21.7. The van der Waals surface area contributed by atoms with Gasteiger partial charge in [0, 0.05) is 31.9 Å². The monoisotopic (exact) mass is 416 g/mol. The van der Waals surface area contributed by atoms with E-state index in [1.807, 2.05) is 37.1 Å². The predicted octanol–water partition coefficient (Wildman–Crippen LogP) is 3.12. The molecule has 3 fully saturated rings. The van der Waals surface area contributed by atoms with Gasteiger partial charge in [-0.15, -0.1) is 0 Å². The lowest BCUT2D eigenvalue weighted by Gasteiger charge is -2.56. The van der Waals surface area contributed by atoms with Gasteiger partial charge >= 0.3 is 0 Å².